The monoisotopic (exact) mass is 262 g/mol. The van der Waals surface area contributed by atoms with Crippen molar-refractivity contribution in [3.8, 4) is 0 Å². The fourth-order valence-corrected chi connectivity index (χ4v) is 2.29. The highest BCUT2D eigenvalue weighted by atomic mass is 32.1. The third-order valence-corrected chi connectivity index (χ3v) is 3.37. The van der Waals surface area contributed by atoms with Crippen molar-refractivity contribution in [3.63, 3.8) is 0 Å². The number of benzene rings is 1. The van der Waals surface area contributed by atoms with E-state index in [4.69, 9.17) is 11.5 Å². The largest absolute Gasteiger partial charge is 0.399 e. The first-order chi connectivity index (χ1) is 8.56. The van der Waals surface area contributed by atoms with E-state index in [1.54, 1.807) is 29.5 Å². The molecule has 1 amide bonds. The van der Waals surface area contributed by atoms with E-state index in [9.17, 15) is 4.79 Å². The summed E-state index contributed by atoms with van der Waals surface area (Å²) in [5.41, 5.74) is 13.5. The van der Waals surface area contributed by atoms with Gasteiger partial charge in [-0.3, -0.25) is 4.79 Å². The number of carbonyl (C=O) groups excluding carboxylic acids is 1. The number of amides is 1. The predicted octanol–water partition coefficient (Wildman–Crippen LogP) is 1.74. The average molecular weight is 262 g/mol. The molecule has 1 aromatic carbocycles. The fourth-order valence-electron chi connectivity index (χ4n) is 1.57. The Hall–Kier alpha value is -2.08. The van der Waals surface area contributed by atoms with Gasteiger partial charge in [-0.05, 0) is 25.1 Å². The summed E-state index contributed by atoms with van der Waals surface area (Å²) < 4.78 is 0. The minimum Gasteiger partial charge on any atom is -0.399 e. The second-order valence-electron chi connectivity index (χ2n) is 3.91. The van der Waals surface area contributed by atoms with Gasteiger partial charge in [-0.25, -0.2) is 4.98 Å². The maximum atomic E-state index is 11.3. The van der Waals surface area contributed by atoms with E-state index in [2.05, 4.69) is 10.3 Å². The van der Waals surface area contributed by atoms with Crippen LogP contribution < -0.4 is 16.8 Å². The minimum absolute atomic E-state index is 0.392. The van der Waals surface area contributed by atoms with Gasteiger partial charge in [-0.2, -0.15) is 0 Å². The normalized spacial score (nSPS) is 10.3. The summed E-state index contributed by atoms with van der Waals surface area (Å²) in [6.07, 6.45) is 0. The lowest BCUT2D eigenvalue weighted by Crippen LogP contribution is -2.14. The first-order valence-corrected chi connectivity index (χ1v) is 6.28. The van der Waals surface area contributed by atoms with Gasteiger partial charge in [0.15, 0.2) is 0 Å². The maximum absolute atomic E-state index is 11.3. The van der Waals surface area contributed by atoms with Crippen molar-refractivity contribution >= 4 is 28.6 Å². The van der Waals surface area contributed by atoms with Crippen LogP contribution in [0.15, 0.2) is 23.6 Å². The van der Waals surface area contributed by atoms with Crippen LogP contribution in [0.5, 0.6) is 0 Å². The van der Waals surface area contributed by atoms with Crippen LogP contribution in [0.4, 0.5) is 11.4 Å². The van der Waals surface area contributed by atoms with Gasteiger partial charge in [0.2, 0.25) is 0 Å². The molecule has 0 bridgehead atoms. The number of rotatable bonds is 4. The van der Waals surface area contributed by atoms with Gasteiger partial charge in [0.1, 0.15) is 5.01 Å². The number of anilines is 2. The number of nitrogen functional groups attached to an aromatic ring is 1. The standard InChI is InChI=1S/C12H14N4OS/c1-7-6-18-11(16-7)5-15-10-3-2-8(13)4-9(10)12(14)17/h2-4,6,15H,5,13H2,1H3,(H2,14,17). The predicted molar refractivity (Wildman–Crippen MR) is 73.5 cm³/mol. The number of nitrogens with one attached hydrogen (secondary N) is 1. The molecule has 94 valence electrons. The lowest BCUT2D eigenvalue weighted by Gasteiger charge is -2.09. The van der Waals surface area contributed by atoms with Crippen molar-refractivity contribution in [2.45, 2.75) is 13.5 Å². The van der Waals surface area contributed by atoms with Gasteiger partial charge in [-0.15, -0.1) is 11.3 Å². The molecule has 0 radical (unpaired) electrons. The van der Waals surface area contributed by atoms with Gasteiger partial charge in [0.25, 0.3) is 5.91 Å². The number of nitrogens with zero attached hydrogens (tertiary/aromatic N) is 1. The van der Waals surface area contributed by atoms with Crippen LogP contribution in [0.3, 0.4) is 0 Å². The number of thiazole rings is 1. The Balaban J connectivity index is 2.16. The Morgan fingerprint density at radius 2 is 2.28 bits per heavy atom. The van der Waals surface area contributed by atoms with E-state index < -0.39 is 5.91 Å². The zero-order valence-corrected chi connectivity index (χ0v) is 10.8. The van der Waals surface area contributed by atoms with Gasteiger partial charge < -0.3 is 16.8 Å². The molecular weight excluding hydrogens is 248 g/mol. The molecule has 0 fully saturated rings. The highest BCUT2D eigenvalue weighted by molar-refractivity contribution is 7.09. The van der Waals surface area contributed by atoms with Crippen LogP contribution in [-0.2, 0) is 6.54 Å². The summed E-state index contributed by atoms with van der Waals surface area (Å²) in [6, 6.07) is 5.04. The molecule has 0 aliphatic heterocycles. The molecule has 0 saturated heterocycles. The van der Waals surface area contributed by atoms with E-state index in [1.807, 2.05) is 12.3 Å². The Morgan fingerprint density at radius 3 is 2.89 bits per heavy atom. The third kappa shape index (κ3) is 2.78. The zero-order valence-electron chi connectivity index (χ0n) is 9.93. The first-order valence-electron chi connectivity index (χ1n) is 5.40. The van der Waals surface area contributed by atoms with Crippen molar-refractivity contribution in [2.24, 2.45) is 5.73 Å². The molecular formula is C12H14N4OS. The molecule has 0 saturated carbocycles. The van der Waals surface area contributed by atoms with Gasteiger partial charge >= 0.3 is 0 Å². The highest BCUT2D eigenvalue weighted by Gasteiger charge is 2.09. The van der Waals surface area contributed by atoms with Crippen LogP contribution in [0, 0.1) is 6.92 Å². The number of nitrogens with two attached hydrogens (primary N) is 2. The molecule has 6 heteroatoms. The molecule has 5 nitrogen and oxygen atoms in total. The zero-order chi connectivity index (χ0) is 13.1. The third-order valence-electron chi connectivity index (χ3n) is 2.41. The SMILES string of the molecule is Cc1csc(CNc2ccc(N)cc2C(N)=O)n1. The number of aromatic nitrogens is 1. The first kappa shape index (κ1) is 12.4. The van der Waals surface area contributed by atoms with Gasteiger partial charge in [-0.1, -0.05) is 0 Å². The lowest BCUT2D eigenvalue weighted by molar-refractivity contribution is 0.100. The number of hydrogen-bond donors (Lipinski definition) is 3. The van der Waals surface area contributed by atoms with E-state index in [0.717, 1.165) is 10.7 Å². The van der Waals surface area contributed by atoms with E-state index in [0.29, 0.717) is 23.5 Å². The maximum Gasteiger partial charge on any atom is 0.250 e. The van der Waals surface area contributed by atoms with Crippen molar-refractivity contribution in [3.05, 3.63) is 39.8 Å². The van der Waals surface area contributed by atoms with E-state index in [1.165, 1.54) is 0 Å². The topological polar surface area (TPSA) is 94.0 Å². The van der Waals surface area contributed by atoms with E-state index >= 15 is 0 Å². The number of aryl methyl sites for hydroxylation is 1. The summed E-state index contributed by atoms with van der Waals surface area (Å²) in [7, 11) is 0. The van der Waals surface area contributed by atoms with E-state index in [-0.39, 0.29) is 0 Å². The Kier molecular flexibility index (Phi) is 3.47. The van der Waals surface area contributed by atoms with Crippen molar-refractivity contribution in [1.82, 2.24) is 4.98 Å². The summed E-state index contributed by atoms with van der Waals surface area (Å²) >= 11 is 1.57. The second kappa shape index (κ2) is 5.05. The van der Waals surface area contributed by atoms with Crippen LogP contribution in [-0.4, -0.2) is 10.9 Å². The van der Waals surface area contributed by atoms with Crippen LogP contribution in [0.1, 0.15) is 21.1 Å². The summed E-state index contributed by atoms with van der Waals surface area (Å²) in [4.78, 5) is 15.6. The van der Waals surface area contributed by atoms with Crippen LogP contribution in [0.2, 0.25) is 0 Å². The van der Waals surface area contributed by atoms with Crippen molar-refractivity contribution in [2.75, 3.05) is 11.1 Å². The number of primary amides is 1. The number of carbonyl (C=O) groups is 1. The average Bonchev–Trinajstić information content (AvgIpc) is 2.73. The molecule has 0 atom stereocenters. The summed E-state index contributed by atoms with van der Waals surface area (Å²) in [5.74, 6) is -0.500. The Labute approximate surface area is 109 Å². The molecule has 1 heterocycles. The van der Waals surface area contributed by atoms with Crippen LogP contribution in [0.25, 0.3) is 0 Å². The smallest absolute Gasteiger partial charge is 0.250 e. The second-order valence-corrected chi connectivity index (χ2v) is 4.85. The van der Waals surface area contributed by atoms with Gasteiger partial charge in [0.05, 0.1) is 12.1 Å². The molecule has 18 heavy (non-hydrogen) atoms. The number of hydrogen-bond acceptors (Lipinski definition) is 5. The lowest BCUT2D eigenvalue weighted by atomic mass is 10.1. The van der Waals surface area contributed by atoms with Crippen LogP contribution >= 0.6 is 11.3 Å². The molecule has 0 aliphatic carbocycles. The fraction of sp³-hybridized carbons (Fsp3) is 0.167. The summed E-state index contributed by atoms with van der Waals surface area (Å²) in [5, 5.41) is 6.08. The Bertz CT molecular complexity index is 579. The van der Waals surface area contributed by atoms with Gasteiger partial charge in [0, 0.05) is 22.4 Å². The Morgan fingerprint density at radius 1 is 1.50 bits per heavy atom. The molecule has 1 aromatic heterocycles. The molecule has 2 rings (SSSR count). The summed E-state index contributed by atoms with van der Waals surface area (Å²) in [6.45, 7) is 2.50. The molecule has 0 spiro atoms. The van der Waals surface area contributed by atoms with Crippen molar-refractivity contribution < 1.29 is 4.79 Å². The molecule has 5 N–H and O–H groups in total. The quantitative estimate of drug-likeness (QED) is 0.731. The highest BCUT2D eigenvalue weighted by Crippen LogP contribution is 2.20. The molecule has 2 aromatic rings. The molecule has 0 aliphatic rings. The van der Waals surface area contributed by atoms with Crippen molar-refractivity contribution in [1.29, 1.82) is 0 Å². The minimum atomic E-state index is -0.500. The molecule has 0 unspecified atom stereocenters.